The summed E-state index contributed by atoms with van der Waals surface area (Å²) in [6.07, 6.45) is 1.02. The predicted octanol–water partition coefficient (Wildman–Crippen LogP) is 2.42. The third-order valence-electron chi connectivity index (χ3n) is 4.48. The lowest BCUT2D eigenvalue weighted by atomic mass is 10.0. The van der Waals surface area contributed by atoms with Crippen LogP contribution in [0.1, 0.15) is 47.9 Å². The number of amides is 1. The molecule has 0 aromatic heterocycles. The molecule has 5 heteroatoms. The second-order valence-electron chi connectivity index (χ2n) is 6.22. The zero-order valence-electron chi connectivity index (χ0n) is 14.4. The van der Waals surface area contributed by atoms with Crippen molar-refractivity contribution in [3.05, 3.63) is 35.4 Å². The molecule has 1 heterocycles. The molecular formula is C18H26N2O3. The first-order chi connectivity index (χ1) is 11.0. The van der Waals surface area contributed by atoms with Crippen molar-refractivity contribution < 1.29 is 14.3 Å². The SMILES string of the molecule is CC[C@H]1CN(C(=O)c2cccc(C(=O)OC)c2)CCN1C(C)C. The lowest BCUT2D eigenvalue weighted by Gasteiger charge is -2.43. The van der Waals surface area contributed by atoms with Crippen molar-refractivity contribution >= 4 is 11.9 Å². The minimum atomic E-state index is -0.421. The van der Waals surface area contributed by atoms with Crippen LogP contribution in [-0.4, -0.2) is 60.5 Å². The highest BCUT2D eigenvalue weighted by atomic mass is 16.5. The van der Waals surface area contributed by atoms with E-state index >= 15 is 0 Å². The van der Waals surface area contributed by atoms with E-state index in [1.807, 2.05) is 4.90 Å². The van der Waals surface area contributed by atoms with Crippen molar-refractivity contribution in [2.45, 2.75) is 39.3 Å². The lowest BCUT2D eigenvalue weighted by molar-refractivity contribution is 0.0371. The van der Waals surface area contributed by atoms with Crippen LogP contribution in [0.2, 0.25) is 0 Å². The largest absolute Gasteiger partial charge is 0.465 e. The van der Waals surface area contributed by atoms with Crippen LogP contribution in [0.5, 0.6) is 0 Å². The quantitative estimate of drug-likeness (QED) is 0.800. The molecule has 0 saturated carbocycles. The van der Waals surface area contributed by atoms with E-state index in [2.05, 4.69) is 25.7 Å². The zero-order valence-corrected chi connectivity index (χ0v) is 14.4. The molecule has 0 aliphatic carbocycles. The fourth-order valence-electron chi connectivity index (χ4n) is 3.18. The molecule has 0 unspecified atom stereocenters. The molecule has 0 N–H and O–H groups in total. The van der Waals surface area contributed by atoms with E-state index in [4.69, 9.17) is 4.74 Å². The zero-order chi connectivity index (χ0) is 17.0. The Morgan fingerprint density at radius 2 is 1.96 bits per heavy atom. The molecule has 1 aromatic rings. The molecule has 126 valence electrons. The maximum atomic E-state index is 12.8. The molecule has 1 amide bonds. The Morgan fingerprint density at radius 1 is 1.26 bits per heavy atom. The number of hydrogen-bond donors (Lipinski definition) is 0. The van der Waals surface area contributed by atoms with Crippen LogP contribution in [0.3, 0.4) is 0 Å². The van der Waals surface area contributed by atoms with Crippen LogP contribution in [0.4, 0.5) is 0 Å². The number of rotatable bonds is 4. The first-order valence-corrected chi connectivity index (χ1v) is 8.21. The van der Waals surface area contributed by atoms with E-state index in [1.54, 1.807) is 24.3 Å². The Balaban J connectivity index is 2.13. The Hall–Kier alpha value is -1.88. The van der Waals surface area contributed by atoms with E-state index < -0.39 is 5.97 Å². The summed E-state index contributed by atoms with van der Waals surface area (Å²) >= 11 is 0. The van der Waals surface area contributed by atoms with Gasteiger partial charge >= 0.3 is 5.97 Å². The third kappa shape index (κ3) is 3.91. The minimum Gasteiger partial charge on any atom is -0.465 e. The molecule has 1 aliphatic rings. The Kier molecular flexibility index (Phi) is 5.77. The van der Waals surface area contributed by atoms with Crippen LogP contribution in [0, 0.1) is 0 Å². The Morgan fingerprint density at radius 3 is 2.57 bits per heavy atom. The maximum Gasteiger partial charge on any atom is 0.337 e. The molecule has 2 rings (SSSR count). The number of esters is 1. The van der Waals surface area contributed by atoms with Gasteiger partial charge in [-0.05, 0) is 38.5 Å². The molecule has 1 saturated heterocycles. The summed E-state index contributed by atoms with van der Waals surface area (Å²) in [4.78, 5) is 28.7. The summed E-state index contributed by atoms with van der Waals surface area (Å²) in [5.74, 6) is -0.437. The number of piperazine rings is 1. The molecule has 5 nitrogen and oxygen atoms in total. The van der Waals surface area contributed by atoms with Crippen molar-refractivity contribution in [3.63, 3.8) is 0 Å². The molecular weight excluding hydrogens is 292 g/mol. The number of carbonyl (C=O) groups excluding carboxylic acids is 2. The van der Waals surface area contributed by atoms with Crippen molar-refractivity contribution in [3.8, 4) is 0 Å². The van der Waals surface area contributed by atoms with Gasteiger partial charge in [-0.1, -0.05) is 13.0 Å². The topological polar surface area (TPSA) is 49.9 Å². The highest BCUT2D eigenvalue weighted by Crippen LogP contribution is 2.18. The first-order valence-electron chi connectivity index (χ1n) is 8.21. The number of nitrogens with zero attached hydrogens (tertiary/aromatic N) is 2. The third-order valence-corrected chi connectivity index (χ3v) is 4.48. The monoisotopic (exact) mass is 318 g/mol. The second kappa shape index (κ2) is 7.59. The molecule has 1 aliphatic heterocycles. The van der Waals surface area contributed by atoms with Crippen LogP contribution < -0.4 is 0 Å². The highest BCUT2D eigenvalue weighted by Gasteiger charge is 2.30. The van der Waals surface area contributed by atoms with Crippen LogP contribution >= 0.6 is 0 Å². The van der Waals surface area contributed by atoms with Crippen molar-refractivity contribution in [2.24, 2.45) is 0 Å². The summed E-state index contributed by atoms with van der Waals surface area (Å²) in [6, 6.07) is 7.63. The number of methoxy groups -OCH3 is 1. The summed E-state index contributed by atoms with van der Waals surface area (Å²) in [7, 11) is 1.34. The molecule has 1 fully saturated rings. The standard InChI is InChI=1S/C18H26N2O3/c1-5-16-12-19(9-10-20(16)13(2)3)17(21)14-7-6-8-15(11-14)18(22)23-4/h6-8,11,13,16H,5,9-10,12H2,1-4H3/t16-/m0/s1. The van der Waals surface area contributed by atoms with E-state index in [9.17, 15) is 9.59 Å². The Bertz CT molecular complexity index is 571. The van der Waals surface area contributed by atoms with Gasteiger partial charge < -0.3 is 9.64 Å². The van der Waals surface area contributed by atoms with Gasteiger partial charge in [-0.3, -0.25) is 9.69 Å². The van der Waals surface area contributed by atoms with Gasteiger partial charge in [0, 0.05) is 37.3 Å². The summed E-state index contributed by atoms with van der Waals surface area (Å²) < 4.78 is 4.72. The molecule has 1 aromatic carbocycles. The summed E-state index contributed by atoms with van der Waals surface area (Å²) in [5.41, 5.74) is 0.951. The predicted molar refractivity (Wildman–Crippen MR) is 89.6 cm³/mol. The van der Waals surface area contributed by atoms with Gasteiger partial charge in [0.2, 0.25) is 0 Å². The summed E-state index contributed by atoms with van der Waals surface area (Å²) in [6.45, 7) is 8.89. The van der Waals surface area contributed by atoms with Gasteiger partial charge in [0.1, 0.15) is 0 Å². The molecule has 1 atom stereocenters. The smallest absolute Gasteiger partial charge is 0.337 e. The van der Waals surface area contributed by atoms with Gasteiger partial charge in [0.15, 0.2) is 0 Å². The molecule has 0 bridgehead atoms. The normalized spacial score (nSPS) is 19.0. The number of ether oxygens (including phenoxy) is 1. The van der Waals surface area contributed by atoms with E-state index in [1.165, 1.54) is 7.11 Å². The highest BCUT2D eigenvalue weighted by molar-refractivity contribution is 5.98. The fourth-order valence-corrected chi connectivity index (χ4v) is 3.18. The second-order valence-corrected chi connectivity index (χ2v) is 6.22. The van der Waals surface area contributed by atoms with Crippen molar-refractivity contribution in [1.82, 2.24) is 9.80 Å². The lowest BCUT2D eigenvalue weighted by Crippen LogP contribution is -2.56. The van der Waals surface area contributed by atoms with E-state index in [0.29, 0.717) is 23.2 Å². The average Bonchev–Trinajstić information content (AvgIpc) is 2.59. The maximum absolute atomic E-state index is 12.8. The van der Waals surface area contributed by atoms with Crippen LogP contribution in [0.15, 0.2) is 24.3 Å². The minimum absolute atomic E-state index is 0.0161. The number of hydrogen-bond acceptors (Lipinski definition) is 4. The average molecular weight is 318 g/mol. The Labute approximate surface area is 138 Å². The van der Waals surface area contributed by atoms with Crippen LogP contribution in [0.25, 0.3) is 0 Å². The molecule has 23 heavy (non-hydrogen) atoms. The first kappa shape index (κ1) is 17.5. The number of benzene rings is 1. The van der Waals surface area contributed by atoms with E-state index in [0.717, 1.165) is 26.1 Å². The van der Waals surface area contributed by atoms with Gasteiger partial charge in [-0.25, -0.2) is 4.79 Å². The van der Waals surface area contributed by atoms with E-state index in [-0.39, 0.29) is 5.91 Å². The fraction of sp³-hybridized carbons (Fsp3) is 0.556. The van der Waals surface area contributed by atoms with Gasteiger partial charge in [-0.15, -0.1) is 0 Å². The van der Waals surface area contributed by atoms with Crippen molar-refractivity contribution in [2.75, 3.05) is 26.7 Å². The van der Waals surface area contributed by atoms with Crippen LogP contribution in [-0.2, 0) is 4.74 Å². The van der Waals surface area contributed by atoms with Gasteiger partial charge in [0.25, 0.3) is 5.91 Å². The molecule has 0 radical (unpaired) electrons. The summed E-state index contributed by atoms with van der Waals surface area (Å²) in [5, 5.41) is 0. The van der Waals surface area contributed by atoms with Gasteiger partial charge in [-0.2, -0.15) is 0 Å². The van der Waals surface area contributed by atoms with Gasteiger partial charge in [0.05, 0.1) is 12.7 Å². The number of carbonyl (C=O) groups is 2. The molecule has 0 spiro atoms. The van der Waals surface area contributed by atoms with Crippen molar-refractivity contribution in [1.29, 1.82) is 0 Å².